The van der Waals surface area contributed by atoms with Crippen molar-refractivity contribution in [3.63, 3.8) is 0 Å². The van der Waals surface area contributed by atoms with Gasteiger partial charge in [0.2, 0.25) is 0 Å². The van der Waals surface area contributed by atoms with E-state index in [-0.39, 0.29) is 0 Å². The fourth-order valence-electron chi connectivity index (χ4n) is 1.66. The van der Waals surface area contributed by atoms with Gasteiger partial charge in [0.05, 0.1) is 19.0 Å². The molecule has 2 heterocycles. The summed E-state index contributed by atoms with van der Waals surface area (Å²) in [6.07, 6.45) is 5.91. The molecule has 0 N–H and O–H groups in total. The Balaban J connectivity index is 2.16. The molecule has 2 rings (SSSR count). The number of pyridine rings is 1. The lowest BCUT2D eigenvalue weighted by Crippen LogP contribution is -1.92. The normalized spacial score (nSPS) is 10.9. The standard InChI is InChI=1S/C12H16N2O2/c1-15-7-3-4-10-8-14-9-11(16-2)5-6-12(14)13-10/h5-6,8-9H,3-4,7H2,1-2H3. The lowest BCUT2D eigenvalue weighted by atomic mass is 10.3. The first-order valence-corrected chi connectivity index (χ1v) is 5.34. The summed E-state index contributed by atoms with van der Waals surface area (Å²) in [4.78, 5) is 4.51. The number of aromatic nitrogens is 2. The van der Waals surface area contributed by atoms with E-state index in [0.717, 1.165) is 36.5 Å². The van der Waals surface area contributed by atoms with Crippen LogP contribution in [0.1, 0.15) is 12.1 Å². The second-order valence-corrected chi connectivity index (χ2v) is 3.66. The Labute approximate surface area is 94.8 Å². The van der Waals surface area contributed by atoms with Crippen molar-refractivity contribution in [2.45, 2.75) is 12.8 Å². The topological polar surface area (TPSA) is 35.8 Å². The second kappa shape index (κ2) is 4.99. The fraction of sp³-hybridized carbons (Fsp3) is 0.417. The van der Waals surface area contributed by atoms with Gasteiger partial charge in [0.15, 0.2) is 0 Å². The fourth-order valence-corrected chi connectivity index (χ4v) is 1.66. The minimum atomic E-state index is 0.775. The molecule has 0 bridgehead atoms. The summed E-state index contributed by atoms with van der Waals surface area (Å²) in [5, 5.41) is 0. The number of imidazole rings is 1. The Bertz CT molecular complexity index is 465. The van der Waals surface area contributed by atoms with Gasteiger partial charge in [-0.2, -0.15) is 0 Å². The number of rotatable bonds is 5. The van der Waals surface area contributed by atoms with E-state index in [1.807, 2.05) is 28.9 Å². The van der Waals surface area contributed by atoms with E-state index in [9.17, 15) is 0 Å². The van der Waals surface area contributed by atoms with E-state index in [4.69, 9.17) is 9.47 Å². The van der Waals surface area contributed by atoms with Crippen molar-refractivity contribution < 1.29 is 9.47 Å². The van der Waals surface area contributed by atoms with Gasteiger partial charge in [-0.3, -0.25) is 0 Å². The molecule has 0 aliphatic rings. The Morgan fingerprint density at radius 3 is 2.88 bits per heavy atom. The van der Waals surface area contributed by atoms with Crippen LogP contribution in [-0.2, 0) is 11.2 Å². The van der Waals surface area contributed by atoms with Crippen molar-refractivity contribution in [1.82, 2.24) is 9.38 Å². The van der Waals surface area contributed by atoms with Crippen LogP contribution in [0, 0.1) is 0 Å². The molecule has 0 aliphatic carbocycles. The highest BCUT2D eigenvalue weighted by Crippen LogP contribution is 2.13. The molecular weight excluding hydrogens is 204 g/mol. The number of fused-ring (bicyclic) bond motifs is 1. The van der Waals surface area contributed by atoms with Crippen molar-refractivity contribution >= 4 is 5.65 Å². The van der Waals surface area contributed by atoms with Gasteiger partial charge in [-0.25, -0.2) is 4.98 Å². The van der Waals surface area contributed by atoms with E-state index < -0.39 is 0 Å². The largest absolute Gasteiger partial charge is 0.495 e. The molecule has 0 fully saturated rings. The van der Waals surface area contributed by atoms with Crippen LogP contribution in [0.5, 0.6) is 5.75 Å². The number of methoxy groups -OCH3 is 2. The Morgan fingerprint density at radius 1 is 1.25 bits per heavy atom. The highest BCUT2D eigenvalue weighted by atomic mass is 16.5. The first-order chi connectivity index (χ1) is 7.83. The molecule has 16 heavy (non-hydrogen) atoms. The monoisotopic (exact) mass is 220 g/mol. The number of ether oxygens (including phenoxy) is 2. The van der Waals surface area contributed by atoms with Crippen LogP contribution in [0.2, 0.25) is 0 Å². The third-order valence-corrected chi connectivity index (χ3v) is 2.49. The summed E-state index contributed by atoms with van der Waals surface area (Å²) in [5.41, 5.74) is 2.04. The smallest absolute Gasteiger partial charge is 0.137 e. The second-order valence-electron chi connectivity index (χ2n) is 3.66. The number of hydrogen-bond acceptors (Lipinski definition) is 3. The van der Waals surface area contributed by atoms with Gasteiger partial charge in [-0.1, -0.05) is 0 Å². The maximum Gasteiger partial charge on any atom is 0.137 e. The van der Waals surface area contributed by atoms with E-state index in [1.54, 1.807) is 14.2 Å². The van der Waals surface area contributed by atoms with Crippen molar-refractivity contribution in [3.05, 3.63) is 30.2 Å². The summed E-state index contributed by atoms with van der Waals surface area (Å²) in [5.74, 6) is 0.841. The molecule has 0 radical (unpaired) electrons. The highest BCUT2D eigenvalue weighted by molar-refractivity contribution is 5.43. The van der Waals surface area contributed by atoms with Crippen molar-refractivity contribution in [3.8, 4) is 5.75 Å². The lowest BCUT2D eigenvalue weighted by Gasteiger charge is -1.98. The number of nitrogens with zero attached hydrogens (tertiary/aromatic N) is 2. The first-order valence-electron chi connectivity index (χ1n) is 5.34. The molecule has 0 aliphatic heterocycles. The van der Waals surface area contributed by atoms with Crippen LogP contribution in [0.4, 0.5) is 0 Å². The van der Waals surface area contributed by atoms with Crippen molar-refractivity contribution in [2.24, 2.45) is 0 Å². The van der Waals surface area contributed by atoms with E-state index >= 15 is 0 Å². The minimum absolute atomic E-state index is 0.775. The van der Waals surface area contributed by atoms with Crippen LogP contribution < -0.4 is 4.74 Å². The summed E-state index contributed by atoms with van der Waals surface area (Å²) in [6.45, 7) is 0.775. The molecule has 86 valence electrons. The zero-order valence-corrected chi connectivity index (χ0v) is 9.64. The van der Waals surface area contributed by atoms with Crippen LogP contribution in [0.15, 0.2) is 24.5 Å². The van der Waals surface area contributed by atoms with Crippen LogP contribution in [-0.4, -0.2) is 30.2 Å². The molecule has 0 unspecified atom stereocenters. The van der Waals surface area contributed by atoms with E-state index in [1.165, 1.54) is 0 Å². The average Bonchev–Trinajstić information content (AvgIpc) is 2.70. The van der Waals surface area contributed by atoms with Gasteiger partial charge in [0.25, 0.3) is 0 Å². The molecule has 0 amide bonds. The summed E-state index contributed by atoms with van der Waals surface area (Å²) < 4.78 is 12.2. The Kier molecular flexibility index (Phi) is 3.41. The van der Waals surface area contributed by atoms with Gasteiger partial charge in [-0.15, -0.1) is 0 Å². The molecule has 0 atom stereocenters. The maximum absolute atomic E-state index is 5.16. The molecule has 2 aromatic heterocycles. The predicted molar refractivity (Wildman–Crippen MR) is 61.9 cm³/mol. The maximum atomic E-state index is 5.16. The molecule has 4 nitrogen and oxygen atoms in total. The average molecular weight is 220 g/mol. The lowest BCUT2D eigenvalue weighted by molar-refractivity contribution is 0.195. The highest BCUT2D eigenvalue weighted by Gasteiger charge is 2.02. The Hall–Kier alpha value is -1.55. The van der Waals surface area contributed by atoms with Gasteiger partial charge in [-0.05, 0) is 25.0 Å². The molecule has 0 aromatic carbocycles. The molecule has 4 heteroatoms. The molecule has 0 spiro atoms. The molecule has 0 saturated carbocycles. The third kappa shape index (κ3) is 2.33. The van der Waals surface area contributed by atoms with Crippen LogP contribution in [0.3, 0.4) is 0 Å². The number of hydrogen-bond donors (Lipinski definition) is 0. The minimum Gasteiger partial charge on any atom is -0.495 e. The van der Waals surface area contributed by atoms with Gasteiger partial charge < -0.3 is 13.9 Å². The SMILES string of the molecule is COCCCc1cn2cc(OC)ccc2n1. The van der Waals surface area contributed by atoms with E-state index in [0.29, 0.717) is 0 Å². The summed E-state index contributed by atoms with van der Waals surface area (Å²) in [7, 11) is 3.38. The van der Waals surface area contributed by atoms with E-state index in [2.05, 4.69) is 4.98 Å². The first kappa shape index (κ1) is 11.0. The third-order valence-electron chi connectivity index (χ3n) is 2.49. The van der Waals surface area contributed by atoms with Crippen LogP contribution in [0.25, 0.3) is 5.65 Å². The molecular formula is C12H16N2O2. The van der Waals surface area contributed by atoms with Crippen molar-refractivity contribution in [2.75, 3.05) is 20.8 Å². The summed E-state index contributed by atoms with van der Waals surface area (Å²) in [6, 6.07) is 3.87. The van der Waals surface area contributed by atoms with Gasteiger partial charge in [0.1, 0.15) is 11.4 Å². The van der Waals surface area contributed by atoms with Gasteiger partial charge >= 0.3 is 0 Å². The number of aryl methyl sites for hydroxylation is 1. The Morgan fingerprint density at radius 2 is 2.12 bits per heavy atom. The zero-order valence-electron chi connectivity index (χ0n) is 9.64. The zero-order chi connectivity index (χ0) is 11.4. The van der Waals surface area contributed by atoms with Crippen molar-refractivity contribution in [1.29, 1.82) is 0 Å². The van der Waals surface area contributed by atoms with Gasteiger partial charge in [0, 0.05) is 19.9 Å². The summed E-state index contributed by atoms with van der Waals surface area (Å²) >= 11 is 0. The predicted octanol–water partition coefficient (Wildman–Crippen LogP) is 1.92. The quantitative estimate of drug-likeness (QED) is 0.722. The molecule has 2 aromatic rings. The molecule has 0 saturated heterocycles. The van der Waals surface area contributed by atoms with Crippen LogP contribution >= 0.6 is 0 Å².